The Morgan fingerprint density at radius 3 is 3.06 bits per heavy atom. The highest BCUT2D eigenvalue weighted by atomic mass is 35.5. The summed E-state index contributed by atoms with van der Waals surface area (Å²) in [6.07, 6.45) is 5.47. The van der Waals surface area contributed by atoms with Crippen molar-refractivity contribution in [2.45, 2.75) is 25.3 Å². The largest absolute Gasteiger partial charge is 0.296 e. The first-order valence-corrected chi connectivity index (χ1v) is 6.34. The average Bonchev–Trinajstić information content (AvgIpc) is 2.72. The van der Waals surface area contributed by atoms with E-state index in [2.05, 4.69) is 22.0 Å². The van der Waals surface area contributed by atoms with Crippen molar-refractivity contribution < 1.29 is 0 Å². The molecular weight excluding hydrogens is 236 g/mol. The lowest BCUT2D eigenvalue weighted by molar-refractivity contribution is 0.179. The van der Waals surface area contributed by atoms with E-state index < -0.39 is 0 Å². The summed E-state index contributed by atoms with van der Waals surface area (Å²) in [6.45, 7) is 1.13. The van der Waals surface area contributed by atoms with Crippen LogP contribution in [0.2, 0.25) is 5.02 Å². The number of fused-ring (bicyclic) bond motifs is 1. The number of rotatable bonds is 1. The van der Waals surface area contributed by atoms with Gasteiger partial charge >= 0.3 is 0 Å². The van der Waals surface area contributed by atoms with Gasteiger partial charge in [0.15, 0.2) is 11.5 Å². The maximum Gasteiger partial charge on any atom is 0.168 e. The van der Waals surface area contributed by atoms with Crippen molar-refractivity contribution in [3.8, 4) is 0 Å². The quantitative estimate of drug-likeness (QED) is 0.780. The number of nitrogens with zero attached hydrogens (tertiary/aromatic N) is 4. The van der Waals surface area contributed by atoms with Crippen molar-refractivity contribution in [2.75, 3.05) is 13.6 Å². The van der Waals surface area contributed by atoms with Crippen LogP contribution in [0.5, 0.6) is 0 Å². The van der Waals surface area contributed by atoms with Gasteiger partial charge in [0.1, 0.15) is 0 Å². The van der Waals surface area contributed by atoms with E-state index in [-0.39, 0.29) is 0 Å². The molecule has 2 aromatic heterocycles. The van der Waals surface area contributed by atoms with Crippen molar-refractivity contribution >= 4 is 17.2 Å². The number of piperidine rings is 1. The molecule has 2 aromatic rings. The molecule has 90 valence electrons. The van der Waals surface area contributed by atoms with E-state index in [0.29, 0.717) is 11.1 Å². The third-order valence-electron chi connectivity index (χ3n) is 3.38. The SMILES string of the molecule is CN1CCCCC1c1nc2ccc(Cl)cn2n1. The molecule has 0 aromatic carbocycles. The summed E-state index contributed by atoms with van der Waals surface area (Å²) in [5.41, 5.74) is 0.864. The predicted molar refractivity (Wildman–Crippen MR) is 67.2 cm³/mol. The van der Waals surface area contributed by atoms with Crippen LogP contribution in [0.1, 0.15) is 31.1 Å². The van der Waals surface area contributed by atoms with E-state index in [0.717, 1.165) is 24.4 Å². The summed E-state index contributed by atoms with van der Waals surface area (Å²) in [7, 11) is 2.14. The van der Waals surface area contributed by atoms with E-state index in [4.69, 9.17) is 11.6 Å². The molecule has 1 aliphatic heterocycles. The lowest BCUT2D eigenvalue weighted by Crippen LogP contribution is -2.30. The molecule has 0 aliphatic carbocycles. The van der Waals surface area contributed by atoms with Gasteiger partial charge in [-0.05, 0) is 38.6 Å². The van der Waals surface area contributed by atoms with Gasteiger partial charge in [-0.15, -0.1) is 5.10 Å². The van der Waals surface area contributed by atoms with Crippen LogP contribution < -0.4 is 0 Å². The van der Waals surface area contributed by atoms with Gasteiger partial charge in [0.25, 0.3) is 0 Å². The number of aromatic nitrogens is 3. The van der Waals surface area contributed by atoms with Crippen molar-refractivity contribution in [2.24, 2.45) is 0 Å². The lowest BCUT2D eigenvalue weighted by atomic mass is 10.0. The zero-order valence-corrected chi connectivity index (χ0v) is 10.6. The van der Waals surface area contributed by atoms with Gasteiger partial charge in [-0.1, -0.05) is 18.0 Å². The molecule has 0 N–H and O–H groups in total. The Kier molecular flexibility index (Phi) is 2.76. The molecule has 0 bridgehead atoms. The second-order valence-electron chi connectivity index (χ2n) is 4.61. The Labute approximate surface area is 105 Å². The maximum atomic E-state index is 5.94. The zero-order valence-electron chi connectivity index (χ0n) is 9.80. The minimum absolute atomic E-state index is 0.349. The van der Waals surface area contributed by atoms with Crippen LogP contribution in [0, 0.1) is 0 Å². The fraction of sp³-hybridized carbons (Fsp3) is 0.500. The molecule has 1 unspecified atom stereocenters. The highest BCUT2D eigenvalue weighted by Crippen LogP contribution is 2.27. The lowest BCUT2D eigenvalue weighted by Gasteiger charge is -2.30. The van der Waals surface area contributed by atoms with E-state index in [1.54, 1.807) is 10.7 Å². The Bertz CT molecular complexity index is 536. The summed E-state index contributed by atoms with van der Waals surface area (Å²) in [6, 6.07) is 4.10. The van der Waals surface area contributed by atoms with E-state index in [9.17, 15) is 0 Å². The molecule has 0 amide bonds. The molecule has 3 heterocycles. The third kappa shape index (κ3) is 2.03. The molecule has 1 fully saturated rings. The summed E-state index contributed by atoms with van der Waals surface area (Å²) < 4.78 is 1.76. The first kappa shape index (κ1) is 11.0. The molecular formula is C12H15ClN4. The number of likely N-dealkylation sites (tertiary alicyclic amines) is 1. The summed E-state index contributed by atoms with van der Waals surface area (Å²) in [4.78, 5) is 6.91. The topological polar surface area (TPSA) is 33.4 Å². The highest BCUT2D eigenvalue weighted by molar-refractivity contribution is 6.30. The van der Waals surface area contributed by atoms with Crippen LogP contribution in [-0.2, 0) is 0 Å². The Hall–Kier alpha value is -1.13. The number of halogens is 1. The number of hydrogen-bond acceptors (Lipinski definition) is 3. The van der Waals surface area contributed by atoms with Crippen LogP contribution in [0.4, 0.5) is 0 Å². The molecule has 0 saturated carbocycles. The van der Waals surface area contributed by atoms with Crippen molar-refractivity contribution in [1.29, 1.82) is 0 Å². The molecule has 0 radical (unpaired) electrons. The average molecular weight is 251 g/mol. The molecule has 17 heavy (non-hydrogen) atoms. The number of hydrogen-bond donors (Lipinski definition) is 0. The van der Waals surface area contributed by atoms with E-state index in [1.807, 2.05) is 12.1 Å². The zero-order chi connectivity index (χ0) is 11.8. The highest BCUT2D eigenvalue weighted by Gasteiger charge is 2.24. The monoisotopic (exact) mass is 250 g/mol. The molecule has 1 atom stereocenters. The maximum absolute atomic E-state index is 5.94. The summed E-state index contributed by atoms with van der Waals surface area (Å²) in [5.74, 6) is 0.912. The Balaban J connectivity index is 1.99. The van der Waals surface area contributed by atoms with Gasteiger partial charge < -0.3 is 0 Å². The molecule has 4 nitrogen and oxygen atoms in total. The standard InChI is InChI=1S/C12H15ClN4/c1-16-7-3-2-4-10(16)12-14-11-6-5-9(13)8-17(11)15-12/h5-6,8,10H,2-4,7H2,1H3. The second-order valence-corrected chi connectivity index (χ2v) is 5.05. The first-order chi connectivity index (χ1) is 8.24. The van der Waals surface area contributed by atoms with Gasteiger partial charge in [0, 0.05) is 6.20 Å². The molecule has 1 saturated heterocycles. The fourth-order valence-electron chi connectivity index (χ4n) is 2.42. The van der Waals surface area contributed by atoms with Crippen LogP contribution in [0.3, 0.4) is 0 Å². The van der Waals surface area contributed by atoms with Crippen LogP contribution >= 0.6 is 11.6 Å². The van der Waals surface area contributed by atoms with Crippen molar-refractivity contribution in [3.05, 3.63) is 29.2 Å². The van der Waals surface area contributed by atoms with Crippen LogP contribution in [0.15, 0.2) is 18.3 Å². The normalized spacial score (nSPS) is 22.1. The molecule has 3 rings (SSSR count). The van der Waals surface area contributed by atoms with Crippen molar-refractivity contribution in [3.63, 3.8) is 0 Å². The van der Waals surface area contributed by atoms with E-state index in [1.165, 1.54) is 12.8 Å². The van der Waals surface area contributed by atoms with Gasteiger partial charge in [0.2, 0.25) is 0 Å². The fourth-order valence-corrected chi connectivity index (χ4v) is 2.57. The van der Waals surface area contributed by atoms with Gasteiger partial charge in [0.05, 0.1) is 11.1 Å². The van der Waals surface area contributed by atoms with Crippen LogP contribution in [0.25, 0.3) is 5.65 Å². The third-order valence-corrected chi connectivity index (χ3v) is 3.60. The number of pyridine rings is 1. The van der Waals surface area contributed by atoms with Crippen molar-refractivity contribution in [1.82, 2.24) is 19.5 Å². The van der Waals surface area contributed by atoms with Gasteiger partial charge in [-0.3, -0.25) is 4.90 Å². The van der Waals surface area contributed by atoms with E-state index >= 15 is 0 Å². The Morgan fingerprint density at radius 1 is 1.35 bits per heavy atom. The smallest absolute Gasteiger partial charge is 0.168 e. The minimum atomic E-state index is 0.349. The molecule has 1 aliphatic rings. The predicted octanol–water partition coefficient (Wildman–Crippen LogP) is 2.54. The second kappa shape index (κ2) is 4.27. The molecule has 5 heteroatoms. The summed E-state index contributed by atoms with van der Waals surface area (Å²) in [5, 5.41) is 5.21. The van der Waals surface area contributed by atoms with Gasteiger partial charge in [-0.2, -0.15) is 0 Å². The minimum Gasteiger partial charge on any atom is -0.296 e. The molecule has 0 spiro atoms. The van der Waals surface area contributed by atoms with Crippen LogP contribution in [-0.4, -0.2) is 33.1 Å². The Morgan fingerprint density at radius 2 is 2.24 bits per heavy atom. The first-order valence-electron chi connectivity index (χ1n) is 5.96. The van der Waals surface area contributed by atoms with Gasteiger partial charge in [-0.25, -0.2) is 9.50 Å². The summed E-state index contributed by atoms with van der Waals surface area (Å²) >= 11 is 5.94.